The summed E-state index contributed by atoms with van der Waals surface area (Å²) in [7, 11) is 0. The normalized spacial score (nSPS) is 12.5. The summed E-state index contributed by atoms with van der Waals surface area (Å²) < 4.78 is 52.3. The summed E-state index contributed by atoms with van der Waals surface area (Å²) in [6.45, 7) is 0. The lowest BCUT2D eigenvalue weighted by molar-refractivity contribution is -0.138. The predicted molar refractivity (Wildman–Crippen MR) is 86.4 cm³/mol. The molecule has 2 aromatic carbocycles. The highest BCUT2D eigenvalue weighted by Gasteiger charge is 2.34. The maximum Gasteiger partial charge on any atom is 0.416 e. The van der Waals surface area contributed by atoms with Gasteiger partial charge in [-0.15, -0.1) is 0 Å². The molecule has 0 radical (unpaired) electrons. The van der Waals surface area contributed by atoms with Gasteiger partial charge in [0.25, 0.3) is 0 Å². The van der Waals surface area contributed by atoms with E-state index in [1.54, 1.807) is 0 Å². The first-order valence-electron chi connectivity index (χ1n) is 7.65. The number of amides is 2. The average Bonchev–Trinajstić information content (AvgIpc) is 2.53. The van der Waals surface area contributed by atoms with Crippen LogP contribution in [0.2, 0.25) is 0 Å². The zero-order chi connectivity index (χ0) is 19.3. The second-order valence-corrected chi connectivity index (χ2v) is 5.69. The second-order valence-electron chi connectivity index (χ2n) is 5.69. The minimum absolute atomic E-state index is 0.158. The molecule has 0 fully saturated rings. The number of hydrogen-bond acceptors (Lipinski definition) is 2. The second kappa shape index (κ2) is 7.99. The molecule has 0 aliphatic rings. The number of alkyl halides is 3. The van der Waals surface area contributed by atoms with Gasteiger partial charge in [-0.2, -0.15) is 13.2 Å². The van der Waals surface area contributed by atoms with Crippen LogP contribution >= 0.6 is 0 Å². The number of nitrogens with two attached hydrogens (primary N) is 1. The quantitative estimate of drug-likeness (QED) is 0.770. The van der Waals surface area contributed by atoms with Crippen LogP contribution in [0.5, 0.6) is 0 Å². The lowest BCUT2D eigenvalue weighted by Gasteiger charge is -2.18. The van der Waals surface area contributed by atoms with Gasteiger partial charge >= 0.3 is 6.18 Å². The first-order chi connectivity index (χ1) is 12.2. The van der Waals surface area contributed by atoms with E-state index in [1.807, 2.05) is 0 Å². The number of hydrogen-bond donors (Lipinski definition) is 2. The van der Waals surface area contributed by atoms with Crippen molar-refractivity contribution >= 4 is 11.8 Å². The molecule has 26 heavy (non-hydrogen) atoms. The van der Waals surface area contributed by atoms with Gasteiger partial charge in [-0.25, -0.2) is 4.39 Å². The molecule has 138 valence electrons. The molecule has 0 aromatic heterocycles. The van der Waals surface area contributed by atoms with Crippen molar-refractivity contribution < 1.29 is 27.2 Å². The van der Waals surface area contributed by atoms with Crippen LogP contribution in [-0.4, -0.2) is 17.9 Å². The zero-order valence-electron chi connectivity index (χ0n) is 13.5. The van der Waals surface area contributed by atoms with E-state index in [4.69, 9.17) is 5.73 Å². The summed E-state index contributed by atoms with van der Waals surface area (Å²) in [6, 6.07) is 8.72. The molecule has 0 bridgehead atoms. The number of carbonyl (C=O) groups is 2. The Labute approximate surface area is 147 Å². The van der Waals surface area contributed by atoms with Gasteiger partial charge in [0.1, 0.15) is 11.9 Å². The van der Waals surface area contributed by atoms with Gasteiger partial charge in [-0.3, -0.25) is 9.59 Å². The Morgan fingerprint density at radius 2 is 1.77 bits per heavy atom. The maximum absolute atomic E-state index is 13.1. The van der Waals surface area contributed by atoms with Crippen molar-refractivity contribution in [2.24, 2.45) is 5.73 Å². The van der Waals surface area contributed by atoms with E-state index in [9.17, 15) is 27.2 Å². The van der Waals surface area contributed by atoms with E-state index in [1.165, 1.54) is 36.4 Å². The van der Waals surface area contributed by atoms with Crippen LogP contribution in [0.4, 0.5) is 17.6 Å². The third-order valence-electron chi connectivity index (χ3n) is 3.68. The fourth-order valence-corrected chi connectivity index (χ4v) is 2.50. The first-order valence-corrected chi connectivity index (χ1v) is 7.65. The highest BCUT2D eigenvalue weighted by Crippen LogP contribution is 2.32. The maximum atomic E-state index is 13.1. The van der Waals surface area contributed by atoms with E-state index in [0.29, 0.717) is 5.56 Å². The highest BCUT2D eigenvalue weighted by atomic mass is 19.4. The summed E-state index contributed by atoms with van der Waals surface area (Å²) in [5.41, 5.74) is 4.52. The molecule has 0 spiro atoms. The van der Waals surface area contributed by atoms with Crippen molar-refractivity contribution in [3.63, 3.8) is 0 Å². The van der Waals surface area contributed by atoms with E-state index in [0.717, 1.165) is 12.1 Å². The SMILES string of the molecule is NC(=O)[C@H](Cc1ccccc1C(F)(F)F)NC(=O)Cc1cccc(F)c1. The van der Waals surface area contributed by atoms with Crippen molar-refractivity contribution in [1.29, 1.82) is 0 Å². The van der Waals surface area contributed by atoms with E-state index < -0.39 is 41.8 Å². The van der Waals surface area contributed by atoms with Crippen molar-refractivity contribution in [1.82, 2.24) is 5.32 Å². The average molecular weight is 368 g/mol. The Kier molecular flexibility index (Phi) is 5.97. The summed E-state index contributed by atoms with van der Waals surface area (Å²) in [4.78, 5) is 23.6. The van der Waals surface area contributed by atoms with Crippen LogP contribution < -0.4 is 11.1 Å². The van der Waals surface area contributed by atoms with Crippen molar-refractivity contribution in [2.75, 3.05) is 0 Å². The van der Waals surface area contributed by atoms with Crippen molar-refractivity contribution in [3.05, 3.63) is 71.0 Å². The molecule has 2 rings (SSSR count). The van der Waals surface area contributed by atoms with Crippen LogP contribution in [0.15, 0.2) is 48.5 Å². The van der Waals surface area contributed by atoms with Gasteiger partial charge in [0.15, 0.2) is 0 Å². The molecule has 2 amide bonds. The van der Waals surface area contributed by atoms with Gasteiger partial charge in [0, 0.05) is 6.42 Å². The summed E-state index contributed by atoms with van der Waals surface area (Å²) in [5, 5.41) is 2.31. The third kappa shape index (κ3) is 5.30. The van der Waals surface area contributed by atoms with E-state index in [2.05, 4.69) is 5.32 Å². The Balaban J connectivity index is 2.13. The fraction of sp³-hybridized carbons (Fsp3) is 0.222. The highest BCUT2D eigenvalue weighted by molar-refractivity contribution is 5.87. The fourth-order valence-electron chi connectivity index (χ4n) is 2.50. The van der Waals surface area contributed by atoms with Crippen molar-refractivity contribution in [3.8, 4) is 0 Å². The molecule has 8 heteroatoms. The van der Waals surface area contributed by atoms with E-state index >= 15 is 0 Å². The number of benzene rings is 2. The number of nitrogens with one attached hydrogen (secondary N) is 1. The minimum atomic E-state index is -4.59. The molecule has 0 saturated heterocycles. The number of primary amides is 1. The number of rotatable bonds is 6. The molecule has 3 N–H and O–H groups in total. The lowest BCUT2D eigenvalue weighted by Crippen LogP contribution is -2.46. The standard InChI is InChI=1S/C18H16F4N2O2/c19-13-6-3-4-11(8-13)9-16(25)24-15(17(23)26)10-12-5-1-2-7-14(12)18(20,21)22/h1-8,15H,9-10H2,(H2,23,26)(H,24,25)/t15-/m0/s1. The number of carbonyl (C=O) groups excluding carboxylic acids is 2. The Hall–Kier alpha value is -2.90. The Bertz CT molecular complexity index is 806. The van der Waals surface area contributed by atoms with Crippen LogP contribution in [0.3, 0.4) is 0 Å². The molecular weight excluding hydrogens is 352 g/mol. The van der Waals surface area contributed by atoms with Crippen LogP contribution in [-0.2, 0) is 28.6 Å². The van der Waals surface area contributed by atoms with Crippen molar-refractivity contribution in [2.45, 2.75) is 25.1 Å². The van der Waals surface area contributed by atoms with Gasteiger partial charge in [-0.1, -0.05) is 30.3 Å². The summed E-state index contributed by atoms with van der Waals surface area (Å²) >= 11 is 0. The molecule has 0 heterocycles. The molecule has 0 aliphatic heterocycles. The Morgan fingerprint density at radius 3 is 2.38 bits per heavy atom. The molecule has 2 aromatic rings. The van der Waals surface area contributed by atoms with E-state index in [-0.39, 0.29) is 12.0 Å². The monoisotopic (exact) mass is 368 g/mol. The molecular formula is C18H16F4N2O2. The molecule has 0 aliphatic carbocycles. The van der Waals surface area contributed by atoms with Gasteiger partial charge < -0.3 is 11.1 Å². The lowest BCUT2D eigenvalue weighted by atomic mass is 9.99. The van der Waals surface area contributed by atoms with Crippen LogP contribution in [0.1, 0.15) is 16.7 Å². The van der Waals surface area contributed by atoms with Crippen LogP contribution in [0, 0.1) is 5.82 Å². The largest absolute Gasteiger partial charge is 0.416 e. The van der Waals surface area contributed by atoms with Gasteiger partial charge in [0.05, 0.1) is 12.0 Å². The topological polar surface area (TPSA) is 72.2 Å². The summed E-state index contributed by atoms with van der Waals surface area (Å²) in [5.74, 6) is -2.14. The van der Waals surface area contributed by atoms with Crippen LogP contribution in [0.25, 0.3) is 0 Å². The number of halogens is 4. The molecule has 4 nitrogen and oxygen atoms in total. The zero-order valence-corrected chi connectivity index (χ0v) is 13.5. The smallest absolute Gasteiger partial charge is 0.368 e. The van der Waals surface area contributed by atoms with Gasteiger partial charge in [0.2, 0.25) is 11.8 Å². The minimum Gasteiger partial charge on any atom is -0.368 e. The molecule has 1 atom stereocenters. The van der Waals surface area contributed by atoms with Gasteiger partial charge in [-0.05, 0) is 29.3 Å². The third-order valence-corrected chi connectivity index (χ3v) is 3.68. The molecule has 0 saturated carbocycles. The predicted octanol–water partition coefficient (Wildman–Crippen LogP) is 2.60. The summed E-state index contributed by atoms with van der Waals surface area (Å²) in [6.07, 6.45) is -5.23. The molecule has 0 unspecified atom stereocenters. The first kappa shape index (κ1) is 19.4. The Morgan fingerprint density at radius 1 is 1.08 bits per heavy atom.